The minimum absolute atomic E-state index is 0.0557. The van der Waals surface area contributed by atoms with E-state index in [4.69, 9.17) is 10.5 Å². The molecule has 3 aromatic rings. The maximum Gasteiger partial charge on any atom is 0.290 e. The van der Waals surface area contributed by atoms with E-state index in [2.05, 4.69) is 52.5 Å². The number of carbonyl (C=O) groups excluding carboxylic acids is 10. The Balaban J connectivity index is 1.76. The average molecular weight is 980 g/mol. The van der Waals surface area contributed by atoms with Gasteiger partial charge in [0.1, 0.15) is 47.0 Å². The molecule has 9 unspecified atom stereocenters. The van der Waals surface area contributed by atoms with Gasteiger partial charge in [-0.25, -0.2) is 4.98 Å². The summed E-state index contributed by atoms with van der Waals surface area (Å²) in [6.07, 6.45) is 4.42. The molecular weight excluding hydrogens is 919 g/mol. The first-order chi connectivity index (χ1) is 32.8. The number of nitrogens with zero attached hydrogens (tertiary/aromatic N) is 1. The Bertz CT molecular complexity index is 2400. The molecule has 0 spiro atoms. The second-order valence-corrected chi connectivity index (χ2v) is 17.6. The summed E-state index contributed by atoms with van der Waals surface area (Å²) >= 11 is 1.12. The van der Waals surface area contributed by atoms with Crippen LogP contribution in [0, 0.1) is 11.8 Å². The van der Waals surface area contributed by atoms with Crippen molar-refractivity contribution in [1.29, 1.82) is 0 Å². The second kappa shape index (κ2) is 25.8. The molecule has 0 saturated carbocycles. The van der Waals surface area contributed by atoms with Crippen molar-refractivity contribution < 1.29 is 57.8 Å². The molecule has 1 aliphatic heterocycles. The maximum atomic E-state index is 14.2. The number of primary amides is 1. The number of phenols is 1. The molecular formula is C45H61N11O12S. The molecule has 0 radical (unpaired) electrons. The SMILES string of the molecule is CCC(C)C(NC(=O)C(CCC(N)=O)NC=O)C(=O)NC1CNC(=O)C(Cc2c[nH]c3ccc(O)cc23)NC(=O)C=Cc2csc(n2)C(COC)NC(=O)C(=O)C(C(C)CC)NC(=O)C(C)NC1=O. The van der Waals surface area contributed by atoms with Crippen LogP contribution in [0.5, 0.6) is 5.75 Å². The zero-order chi connectivity index (χ0) is 50.9. The van der Waals surface area contributed by atoms with Crippen LogP contribution in [-0.4, -0.2) is 131 Å². The van der Waals surface area contributed by atoms with Crippen LogP contribution in [0.2, 0.25) is 0 Å². The van der Waals surface area contributed by atoms with Gasteiger partial charge in [0.2, 0.25) is 53.5 Å². The smallest absolute Gasteiger partial charge is 0.290 e. The number of aromatic nitrogens is 2. The van der Waals surface area contributed by atoms with E-state index in [-0.39, 0.29) is 38.0 Å². The van der Waals surface area contributed by atoms with Crippen molar-refractivity contribution in [3.63, 3.8) is 0 Å². The number of Topliss-reactive ketones (excluding diaryl/α,β-unsaturated/α-hetero) is 1. The van der Waals surface area contributed by atoms with Gasteiger partial charge in [-0.15, -0.1) is 11.3 Å². The summed E-state index contributed by atoms with van der Waals surface area (Å²) in [5.41, 5.74) is 6.68. The zero-order valence-corrected chi connectivity index (χ0v) is 40.0. The summed E-state index contributed by atoms with van der Waals surface area (Å²) in [5.74, 6) is -9.19. The summed E-state index contributed by atoms with van der Waals surface area (Å²) in [6.45, 7) is 7.32. The lowest BCUT2D eigenvalue weighted by Crippen LogP contribution is -2.62. The molecule has 3 heterocycles. The van der Waals surface area contributed by atoms with Crippen LogP contribution in [0.25, 0.3) is 17.0 Å². The van der Waals surface area contributed by atoms with E-state index in [0.717, 1.165) is 17.4 Å². The fourth-order valence-electron chi connectivity index (χ4n) is 7.17. The number of nitrogens with one attached hydrogen (secondary N) is 9. The first-order valence-corrected chi connectivity index (χ1v) is 23.2. The molecule has 1 aliphatic rings. The van der Waals surface area contributed by atoms with Crippen molar-refractivity contribution in [3.05, 3.63) is 52.1 Å². The predicted molar refractivity (Wildman–Crippen MR) is 251 cm³/mol. The van der Waals surface area contributed by atoms with Gasteiger partial charge in [0.05, 0.1) is 18.3 Å². The van der Waals surface area contributed by atoms with Gasteiger partial charge in [-0.2, -0.15) is 0 Å². The van der Waals surface area contributed by atoms with E-state index >= 15 is 0 Å². The highest BCUT2D eigenvalue weighted by Gasteiger charge is 2.36. The van der Waals surface area contributed by atoms with E-state index in [9.17, 15) is 53.1 Å². The topological polar surface area (TPSA) is 351 Å². The normalized spacial score (nSPS) is 21.6. The van der Waals surface area contributed by atoms with Crippen LogP contribution >= 0.6 is 11.3 Å². The average Bonchev–Trinajstić information content (AvgIpc) is 3.96. The Morgan fingerprint density at radius 3 is 2.38 bits per heavy atom. The van der Waals surface area contributed by atoms with Crippen molar-refractivity contribution in [2.45, 2.75) is 109 Å². The number of hydrogen-bond donors (Lipinski definition) is 11. The van der Waals surface area contributed by atoms with Gasteiger partial charge in [0, 0.05) is 55.1 Å². The number of aromatic hydroxyl groups is 1. The number of amides is 9. The Hall–Kier alpha value is -7.21. The van der Waals surface area contributed by atoms with Gasteiger partial charge in [0.25, 0.3) is 5.91 Å². The summed E-state index contributed by atoms with van der Waals surface area (Å²) < 4.78 is 5.30. The van der Waals surface area contributed by atoms with Crippen LogP contribution in [0.3, 0.4) is 0 Å². The molecule has 374 valence electrons. The molecule has 0 fully saturated rings. The van der Waals surface area contributed by atoms with Crippen LogP contribution in [0.1, 0.15) is 82.6 Å². The molecule has 0 aliphatic carbocycles. The molecule has 23 nitrogen and oxygen atoms in total. The number of ether oxygens (including phenoxy) is 1. The Morgan fingerprint density at radius 1 is 0.971 bits per heavy atom. The third kappa shape index (κ3) is 15.4. The number of carbonyl (C=O) groups is 10. The Morgan fingerprint density at radius 2 is 1.71 bits per heavy atom. The minimum Gasteiger partial charge on any atom is -0.508 e. The fraction of sp³-hybridized carbons (Fsp3) is 0.489. The molecule has 1 aromatic carbocycles. The van der Waals surface area contributed by atoms with Crippen molar-refractivity contribution in [1.82, 2.24) is 52.5 Å². The number of fused-ring (bicyclic) bond motifs is 3. The lowest BCUT2D eigenvalue weighted by atomic mass is 9.94. The lowest BCUT2D eigenvalue weighted by molar-refractivity contribution is -0.142. The van der Waals surface area contributed by atoms with Gasteiger partial charge >= 0.3 is 0 Å². The summed E-state index contributed by atoms with van der Waals surface area (Å²) in [5, 5.41) is 33.1. The van der Waals surface area contributed by atoms with Crippen LogP contribution in [-0.2, 0) is 59.1 Å². The third-order valence-electron chi connectivity index (χ3n) is 11.6. The highest BCUT2D eigenvalue weighted by Crippen LogP contribution is 2.25. The number of phenolic OH excluding ortho intramolecular Hbond substituents is 1. The summed E-state index contributed by atoms with van der Waals surface area (Å²) in [7, 11) is 1.39. The fourth-order valence-corrected chi connectivity index (χ4v) is 7.99. The first kappa shape index (κ1) is 54.4. The number of H-pyrrole nitrogens is 1. The van der Waals surface area contributed by atoms with Gasteiger partial charge in [-0.05, 0) is 55.0 Å². The molecule has 2 bridgehead atoms. The number of methoxy groups -OCH3 is 1. The molecule has 9 amide bonds. The Kier molecular flexibility index (Phi) is 20.3. The van der Waals surface area contributed by atoms with Crippen LogP contribution in [0.4, 0.5) is 0 Å². The summed E-state index contributed by atoms with van der Waals surface area (Å²) in [4.78, 5) is 141. The minimum atomic E-state index is -1.67. The molecule has 0 saturated heterocycles. The van der Waals surface area contributed by atoms with E-state index in [1.807, 2.05) is 0 Å². The number of benzene rings is 1. The maximum absolute atomic E-state index is 14.2. The Labute approximate surface area is 401 Å². The number of nitrogens with two attached hydrogens (primary N) is 1. The predicted octanol–water partition coefficient (Wildman–Crippen LogP) is -0.995. The standard InChI is InChI=1S/C45H61N11O12S/c1-7-22(3)36-38(61)44(67)54-33(19-68-6)45-51-26(20-69-45)9-14-35(60)52-31(15-25-17-47-29-11-10-27(58)16-28(25)29)40(63)48-18-32(42(65)50-24(5)39(62)55-36)53-43(66)37(23(4)8-2)56-41(64)30(49-21-57)12-13-34(46)59/h9-11,14,16-17,20-24,30-33,36-37,47,58H,7-8,12-13,15,18-19H2,1-6H3,(H2,46,59)(H,48,63)(H,49,57)(H,50,65)(H,52,60)(H,53,66)(H,54,67)(H,55,62)(H,56,64). The second-order valence-electron chi connectivity index (χ2n) is 16.7. The highest BCUT2D eigenvalue weighted by atomic mass is 32.1. The number of aromatic amines is 1. The largest absolute Gasteiger partial charge is 0.508 e. The highest BCUT2D eigenvalue weighted by molar-refractivity contribution is 7.09. The number of rotatable bonds is 17. The van der Waals surface area contributed by atoms with Gasteiger partial charge in [-0.3, -0.25) is 47.9 Å². The van der Waals surface area contributed by atoms with E-state index in [1.54, 1.807) is 45.3 Å². The van der Waals surface area contributed by atoms with E-state index < -0.39 is 114 Å². The monoisotopic (exact) mass is 979 g/mol. The zero-order valence-electron chi connectivity index (χ0n) is 39.1. The molecule has 69 heavy (non-hydrogen) atoms. The van der Waals surface area contributed by atoms with Gasteiger partial charge in [-0.1, -0.05) is 40.5 Å². The molecule has 9 atom stereocenters. The van der Waals surface area contributed by atoms with Crippen LogP contribution in [0.15, 0.2) is 35.9 Å². The van der Waals surface area contributed by atoms with Gasteiger partial charge in [0.15, 0.2) is 0 Å². The lowest BCUT2D eigenvalue weighted by Gasteiger charge is -2.29. The molecule has 4 rings (SSSR count). The van der Waals surface area contributed by atoms with Crippen LogP contribution < -0.4 is 48.3 Å². The van der Waals surface area contributed by atoms with Crippen molar-refractivity contribution in [2.24, 2.45) is 17.6 Å². The molecule has 2 aromatic heterocycles. The number of ketones is 1. The molecule has 24 heteroatoms. The third-order valence-corrected chi connectivity index (χ3v) is 12.6. The van der Waals surface area contributed by atoms with Gasteiger partial charge < -0.3 is 63.1 Å². The summed E-state index contributed by atoms with van der Waals surface area (Å²) in [6, 6.07) is -4.75. The first-order valence-electron chi connectivity index (χ1n) is 22.3. The van der Waals surface area contributed by atoms with Crippen molar-refractivity contribution in [2.75, 3.05) is 20.3 Å². The van der Waals surface area contributed by atoms with E-state index in [0.29, 0.717) is 40.0 Å². The number of thiazole rings is 1. The van der Waals surface area contributed by atoms with Crippen molar-refractivity contribution >= 4 is 87.8 Å². The quantitative estimate of drug-likeness (QED) is 0.0572. The van der Waals surface area contributed by atoms with Crippen molar-refractivity contribution in [3.8, 4) is 5.75 Å². The van der Waals surface area contributed by atoms with E-state index in [1.165, 1.54) is 32.2 Å². The molecule has 12 N–H and O–H groups in total. The number of hydrogen-bond acceptors (Lipinski definition) is 14.